The standard InChI is InChI=1S/C23H30O4.C15H14O2.C8H18O3/c1-3-4-14-25-15-16-26-17-18-27-19-23(20-8-6-5-7-9-20)21-10-12-22(24-2)13-11-21;1-17-14-9-7-13(8-10-14)15(11-16)12-5-3-2-4-6-12;1-2-3-5-10-7-8-11-6-4-9/h5-13,19H,3-4,14-18H2,1-2H3;2-11,15H,1H3;9H,2-8H2,1H3/b23-19+;;. The zero-order valence-corrected chi connectivity index (χ0v) is 33.2. The molecule has 0 amide bonds. The fraction of sp³-hybridized carbons (Fsp3) is 0.413. The smallest absolute Gasteiger partial charge is 0.131 e. The van der Waals surface area contributed by atoms with Crippen LogP contribution in [0.3, 0.4) is 0 Å². The summed E-state index contributed by atoms with van der Waals surface area (Å²) in [5.41, 5.74) is 5.20. The average molecular weight is 759 g/mol. The lowest BCUT2D eigenvalue weighted by molar-refractivity contribution is -0.108. The number of aliphatic hydroxyl groups excluding tert-OH is 1. The summed E-state index contributed by atoms with van der Waals surface area (Å²) in [4.78, 5) is 11.2. The van der Waals surface area contributed by atoms with E-state index in [2.05, 4.69) is 26.0 Å². The molecule has 1 N–H and O–H groups in total. The maximum atomic E-state index is 11.2. The van der Waals surface area contributed by atoms with Gasteiger partial charge in [-0.05, 0) is 59.4 Å². The highest BCUT2D eigenvalue weighted by Crippen LogP contribution is 2.26. The number of rotatable bonds is 25. The Kier molecular flexibility index (Phi) is 27.0. The Morgan fingerprint density at radius 3 is 1.47 bits per heavy atom. The number of methoxy groups -OCH3 is 2. The second kappa shape index (κ2) is 31.8. The molecule has 0 saturated carbocycles. The van der Waals surface area contributed by atoms with Gasteiger partial charge in [-0.15, -0.1) is 0 Å². The molecular weight excluding hydrogens is 696 g/mol. The predicted octanol–water partition coefficient (Wildman–Crippen LogP) is 8.77. The van der Waals surface area contributed by atoms with Gasteiger partial charge in [0.05, 0.1) is 72.6 Å². The Bertz CT molecular complexity index is 1490. The Morgan fingerprint density at radius 1 is 0.545 bits per heavy atom. The molecule has 0 saturated heterocycles. The summed E-state index contributed by atoms with van der Waals surface area (Å²) in [6.07, 6.45) is 7.30. The van der Waals surface area contributed by atoms with Gasteiger partial charge in [0, 0.05) is 18.8 Å². The Morgan fingerprint density at radius 2 is 0.982 bits per heavy atom. The molecule has 0 aliphatic carbocycles. The lowest BCUT2D eigenvalue weighted by atomic mass is 9.93. The van der Waals surface area contributed by atoms with Crippen molar-refractivity contribution >= 4 is 11.9 Å². The summed E-state index contributed by atoms with van der Waals surface area (Å²) >= 11 is 0. The highest BCUT2D eigenvalue weighted by atomic mass is 16.5. The molecule has 9 nitrogen and oxygen atoms in total. The Balaban J connectivity index is 0.000000318. The van der Waals surface area contributed by atoms with Gasteiger partial charge in [0.1, 0.15) is 24.4 Å². The largest absolute Gasteiger partial charge is 0.498 e. The summed E-state index contributed by atoms with van der Waals surface area (Å²) in [7, 11) is 3.30. The lowest BCUT2D eigenvalue weighted by Crippen LogP contribution is -2.08. The maximum absolute atomic E-state index is 11.2. The van der Waals surface area contributed by atoms with Crippen LogP contribution in [0.5, 0.6) is 11.5 Å². The van der Waals surface area contributed by atoms with Gasteiger partial charge in [0.15, 0.2) is 0 Å². The molecular formula is C46H62O9. The fourth-order valence-electron chi connectivity index (χ4n) is 4.96. The summed E-state index contributed by atoms with van der Waals surface area (Å²) in [6.45, 7) is 9.92. The zero-order chi connectivity index (χ0) is 39.6. The zero-order valence-electron chi connectivity index (χ0n) is 33.2. The lowest BCUT2D eigenvalue weighted by Gasteiger charge is -2.11. The van der Waals surface area contributed by atoms with Crippen LogP contribution in [-0.4, -0.2) is 91.7 Å². The van der Waals surface area contributed by atoms with Crippen molar-refractivity contribution in [3.8, 4) is 11.5 Å². The van der Waals surface area contributed by atoms with E-state index in [-0.39, 0.29) is 12.5 Å². The number of benzene rings is 4. The van der Waals surface area contributed by atoms with Crippen LogP contribution in [0.25, 0.3) is 5.57 Å². The van der Waals surface area contributed by atoms with Gasteiger partial charge in [-0.2, -0.15) is 0 Å². The van der Waals surface area contributed by atoms with E-state index in [1.54, 1.807) is 20.5 Å². The van der Waals surface area contributed by atoms with E-state index in [0.29, 0.717) is 46.2 Å². The van der Waals surface area contributed by atoms with E-state index in [4.69, 9.17) is 38.3 Å². The van der Waals surface area contributed by atoms with Crippen LogP contribution in [0, 0.1) is 0 Å². The molecule has 9 heteroatoms. The molecule has 0 radical (unpaired) electrons. The van der Waals surface area contributed by atoms with E-state index < -0.39 is 0 Å². The number of hydrogen-bond donors (Lipinski definition) is 1. The SMILES string of the molecule is CCCCOCCOCCO.CCCCOCCOCCO/C=C(\c1ccccc1)c1ccc(OC)cc1.COc1ccc(C(C=O)c2ccccc2)cc1. The molecule has 300 valence electrons. The monoisotopic (exact) mass is 758 g/mol. The van der Waals surface area contributed by atoms with Gasteiger partial charge in [-0.1, -0.05) is 112 Å². The molecule has 4 rings (SSSR count). The van der Waals surface area contributed by atoms with Crippen molar-refractivity contribution in [1.82, 2.24) is 0 Å². The van der Waals surface area contributed by atoms with Crippen molar-refractivity contribution in [3.05, 3.63) is 138 Å². The molecule has 0 heterocycles. The maximum Gasteiger partial charge on any atom is 0.131 e. The minimum absolute atomic E-state index is 0.0922. The Labute approximate surface area is 329 Å². The van der Waals surface area contributed by atoms with Crippen LogP contribution < -0.4 is 9.47 Å². The van der Waals surface area contributed by atoms with Crippen molar-refractivity contribution in [1.29, 1.82) is 0 Å². The number of aldehydes is 1. The van der Waals surface area contributed by atoms with Crippen molar-refractivity contribution < 1.29 is 43.1 Å². The first-order valence-electron chi connectivity index (χ1n) is 19.2. The minimum Gasteiger partial charge on any atom is -0.498 e. The van der Waals surface area contributed by atoms with Crippen LogP contribution in [0.4, 0.5) is 0 Å². The van der Waals surface area contributed by atoms with Gasteiger partial charge < -0.3 is 43.1 Å². The van der Waals surface area contributed by atoms with Gasteiger partial charge in [-0.25, -0.2) is 0 Å². The molecule has 0 aliphatic rings. The first-order valence-corrected chi connectivity index (χ1v) is 19.2. The van der Waals surface area contributed by atoms with E-state index in [0.717, 1.165) is 84.5 Å². The van der Waals surface area contributed by atoms with Crippen molar-refractivity contribution in [2.75, 3.05) is 80.3 Å². The first kappa shape index (κ1) is 46.6. The molecule has 0 fully saturated rings. The van der Waals surface area contributed by atoms with Crippen LogP contribution in [0.2, 0.25) is 0 Å². The normalized spacial score (nSPS) is 11.3. The average Bonchev–Trinajstić information content (AvgIpc) is 3.24. The fourth-order valence-corrected chi connectivity index (χ4v) is 4.96. The molecule has 0 bridgehead atoms. The molecule has 55 heavy (non-hydrogen) atoms. The number of aliphatic hydroxyl groups is 1. The van der Waals surface area contributed by atoms with Crippen LogP contribution >= 0.6 is 0 Å². The van der Waals surface area contributed by atoms with E-state index >= 15 is 0 Å². The number of ether oxygens (including phenoxy) is 7. The molecule has 0 aromatic heterocycles. The second-order valence-corrected chi connectivity index (χ2v) is 12.2. The molecule has 0 spiro atoms. The van der Waals surface area contributed by atoms with E-state index in [1.165, 1.54) is 0 Å². The number of hydrogen-bond acceptors (Lipinski definition) is 9. The molecule has 1 atom stereocenters. The second-order valence-electron chi connectivity index (χ2n) is 12.2. The molecule has 1 unspecified atom stereocenters. The molecule has 0 aliphatic heterocycles. The summed E-state index contributed by atoms with van der Waals surface area (Å²) in [6, 6.07) is 35.5. The Hall–Kier alpha value is -4.51. The molecule has 4 aromatic rings. The van der Waals surface area contributed by atoms with Gasteiger partial charge >= 0.3 is 0 Å². The third-order valence-corrected chi connectivity index (χ3v) is 8.07. The van der Waals surface area contributed by atoms with Crippen LogP contribution in [0.1, 0.15) is 67.7 Å². The first-order chi connectivity index (χ1) is 27.1. The topological polar surface area (TPSA) is 102 Å². The number of carbonyl (C=O) groups excluding carboxylic acids is 1. The third kappa shape index (κ3) is 20.7. The highest BCUT2D eigenvalue weighted by Gasteiger charge is 2.12. The van der Waals surface area contributed by atoms with Gasteiger partial charge in [-0.3, -0.25) is 0 Å². The van der Waals surface area contributed by atoms with Gasteiger partial charge in [0.25, 0.3) is 0 Å². The summed E-state index contributed by atoms with van der Waals surface area (Å²) in [5.74, 6) is 1.43. The van der Waals surface area contributed by atoms with Gasteiger partial charge in [0.2, 0.25) is 0 Å². The number of carbonyl (C=O) groups is 1. The van der Waals surface area contributed by atoms with E-state index in [9.17, 15) is 4.79 Å². The van der Waals surface area contributed by atoms with Crippen LogP contribution in [-0.2, 0) is 28.5 Å². The predicted molar refractivity (Wildman–Crippen MR) is 220 cm³/mol. The third-order valence-electron chi connectivity index (χ3n) is 8.07. The minimum atomic E-state index is -0.206. The van der Waals surface area contributed by atoms with E-state index in [1.807, 2.05) is 97.1 Å². The highest BCUT2D eigenvalue weighted by molar-refractivity contribution is 5.79. The molecule has 4 aromatic carbocycles. The quantitative estimate of drug-likeness (QED) is 0.0404. The van der Waals surface area contributed by atoms with Crippen molar-refractivity contribution in [2.24, 2.45) is 0 Å². The summed E-state index contributed by atoms with van der Waals surface area (Å²) < 4.78 is 37.3. The number of unbranched alkanes of at least 4 members (excludes halogenated alkanes) is 2. The van der Waals surface area contributed by atoms with Crippen LogP contribution in [0.15, 0.2) is 115 Å². The van der Waals surface area contributed by atoms with Crippen molar-refractivity contribution in [3.63, 3.8) is 0 Å². The summed E-state index contributed by atoms with van der Waals surface area (Å²) in [5, 5.41) is 8.34. The van der Waals surface area contributed by atoms with Crippen molar-refractivity contribution in [2.45, 2.75) is 45.4 Å².